The summed E-state index contributed by atoms with van der Waals surface area (Å²) >= 11 is 0. The molecular formula is C24H25F2NO3. The number of methoxy groups -OCH3 is 1. The fourth-order valence-corrected chi connectivity index (χ4v) is 3.80. The van der Waals surface area contributed by atoms with Gasteiger partial charge in [-0.2, -0.15) is 0 Å². The molecule has 0 N–H and O–H groups in total. The van der Waals surface area contributed by atoms with Crippen molar-refractivity contribution in [2.75, 3.05) is 7.11 Å². The number of carbonyl (C=O) groups is 2. The fraction of sp³-hybridized carbons (Fsp3) is 0.333. The molecule has 6 heteroatoms. The Morgan fingerprint density at radius 2 is 1.80 bits per heavy atom. The number of carbonyl (C=O) groups excluding carboxylic acids is 2. The Hall–Kier alpha value is -3.02. The van der Waals surface area contributed by atoms with Crippen molar-refractivity contribution in [3.05, 3.63) is 82.1 Å². The van der Waals surface area contributed by atoms with Crippen molar-refractivity contribution < 1.29 is 23.1 Å². The lowest BCUT2D eigenvalue weighted by Gasteiger charge is -2.34. The maximum absolute atomic E-state index is 13.6. The summed E-state index contributed by atoms with van der Waals surface area (Å²) in [7, 11) is 1.30. The molecular weight excluding hydrogens is 388 g/mol. The van der Waals surface area contributed by atoms with Gasteiger partial charge < -0.3 is 9.64 Å². The highest BCUT2D eigenvalue weighted by Gasteiger charge is 2.36. The van der Waals surface area contributed by atoms with E-state index in [0.29, 0.717) is 22.8 Å². The second kappa shape index (κ2) is 8.78. The molecule has 1 heterocycles. The van der Waals surface area contributed by atoms with Gasteiger partial charge in [-0.25, -0.2) is 13.6 Å². The highest BCUT2D eigenvalue weighted by Crippen LogP contribution is 2.38. The Labute approximate surface area is 175 Å². The molecule has 1 atom stereocenters. The van der Waals surface area contributed by atoms with Crippen LogP contribution in [0.4, 0.5) is 8.78 Å². The minimum absolute atomic E-state index is 0.0430. The van der Waals surface area contributed by atoms with Crippen LogP contribution in [-0.4, -0.2) is 23.9 Å². The van der Waals surface area contributed by atoms with Gasteiger partial charge in [-0.05, 0) is 41.7 Å². The first-order valence-corrected chi connectivity index (χ1v) is 9.86. The SMILES string of the molecule is COC(=O)C1=C(C)N(Cc2ccc(F)c(F)c2)C(=O)C[C@H]1c1ccc(C(C)C)cc1. The van der Waals surface area contributed by atoms with E-state index in [2.05, 4.69) is 13.8 Å². The van der Waals surface area contributed by atoms with Gasteiger partial charge in [0.1, 0.15) is 0 Å². The van der Waals surface area contributed by atoms with Crippen molar-refractivity contribution in [3.63, 3.8) is 0 Å². The molecule has 4 nitrogen and oxygen atoms in total. The number of nitrogens with zero attached hydrogens (tertiary/aromatic N) is 1. The maximum Gasteiger partial charge on any atom is 0.336 e. The van der Waals surface area contributed by atoms with Gasteiger partial charge in [0.25, 0.3) is 0 Å². The van der Waals surface area contributed by atoms with E-state index in [4.69, 9.17) is 4.74 Å². The number of allylic oxidation sites excluding steroid dienone is 1. The zero-order valence-electron chi connectivity index (χ0n) is 17.5. The van der Waals surface area contributed by atoms with Crippen LogP contribution >= 0.6 is 0 Å². The molecule has 1 aliphatic heterocycles. The first-order valence-electron chi connectivity index (χ1n) is 9.86. The summed E-state index contributed by atoms with van der Waals surface area (Å²) < 4.78 is 31.8. The van der Waals surface area contributed by atoms with E-state index in [1.54, 1.807) is 6.92 Å². The lowest BCUT2D eigenvalue weighted by molar-refractivity contribution is -0.138. The summed E-state index contributed by atoms with van der Waals surface area (Å²) in [5, 5.41) is 0. The van der Waals surface area contributed by atoms with Gasteiger partial charge in [0.05, 0.1) is 19.2 Å². The Morgan fingerprint density at radius 3 is 2.37 bits per heavy atom. The first kappa shape index (κ1) is 21.7. The van der Waals surface area contributed by atoms with Gasteiger partial charge >= 0.3 is 5.97 Å². The highest BCUT2D eigenvalue weighted by molar-refractivity contribution is 5.95. The fourth-order valence-electron chi connectivity index (χ4n) is 3.80. The molecule has 3 rings (SSSR count). The van der Waals surface area contributed by atoms with Crippen LogP contribution in [0.5, 0.6) is 0 Å². The van der Waals surface area contributed by atoms with Crippen LogP contribution in [0.2, 0.25) is 0 Å². The number of esters is 1. The standard InChI is InChI=1S/C24H25F2NO3/c1-14(2)17-6-8-18(9-7-17)19-12-22(28)27(15(3)23(19)24(29)30-4)13-16-5-10-20(25)21(26)11-16/h5-11,14,19H,12-13H2,1-4H3/t19-/m0/s1. The maximum atomic E-state index is 13.6. The Balaban J connectivity index is 1.99. The van der Waals surface area contributed by atoms with Crippen molar-refractivity contribution in [1.82, 2.24) is 4.90 Å². The van der Waals surface area contributed by atoms with E-state index in [1.807, 2.05) is 24.3 Å². The third kappa shape index (κ3) is 4.27. The molecule has 1 amide bonds. The van der Waals surface area contributed by atoms with Gasteiger partial charge in [0.2, 0.25) is 5.91 Å². The van der Waals surface area contributed by atoms with Crippen molar-refractivity contribution in [2.24, 2.45) is 0 Å². The van der Waals surface area contributed by atoms with Crippen LogP contribution in [0.1, 0.15) is 55.7 Å². The molecule has 0 saturated heterocycles. The van der Waals surface area contributed by atoms with E-state index in [0.717, 1.165) is 17.7 Å². The van der Waals surface area contributed by atoms with Crippen LogP contribution in [0.3, 0.4) is 0 Å². The molecule has 0 unspecified atom stereocenters. The van der Waals surface area contributed by atoms with Gasteiger partial charge in [0, 0.05) is 18.0 Å². The first-order chi connectivity index (χ1) is 14.2. The normalized spacial score (nSPS) is 17.0. The average molecular weight is 413 g/mol. The number of hydrogen-bond acceptors (Lipinski definition) is 3. The van der Waals surface area contributed by atoms with Gasteiger partial charge in [-0.3, -0.25) is 4.79 Å². The summed E-state index contributed by atoms with van der Waals surface area (Å²) in [6, 6.07) is 11.4. The van der Waals surface area contributed by atoms with E-state index in [-0.39, 0.29) is 18.9 Å². The molecule has 158 valence electrons. The minimum Gasteiger partial charge on any atom is -0.466 e. The Bertz CT molecular complexity index is 996. The smallest absolute Gasteiger partial charge is 0.336 e. The summed E-state index contributed by atoms with van der Waals surface area (Å²) in [6.45, 7) is 5.92. The average Bonchev–Trinajstić information content (AvgIpc) is 2.72. The predicted molar refractivity (Wildman–Crippen MR) is 110 cm³/mol. The lowest BCUT2D eigenvalue weighted by atomic mass is 9.83. The predicted octanol–water partition coefficient (Wildman–Crippen LogP) is 5.05. The molecule has 0 radical (unpaired) electrons. The zero-order chi connectivity index (χ0) is 22.0. The molecule has 0 fully saturated rings. The molecule has 30 heavy (non-hydrogen) atoms. The molecule has 0 aromatic heterocycles. The molecule has 1 aliphatic rings. The van der Waals surface area contributed by atoms with Crippen molar-refractivity contribution in [1.29, 1.82) is 0 Å². The highest BCUT2D eigenvalue weighted by atomic mass is 19.2. The molecule has 0 saturated carbocycles. The van der Waals surface area contributed by atoms with Crippen LogP contribution in [0.15, 0.2) is 53.7 Å². The zero-order valence-corrected chi connectivity index (χ0v) is 17.5. The van der Waals surface area contributed by atoms with Crippen LogP contribution in [0.25, 0.3) is 0 Å². The molecule has 0 spiro atoms. The van der Waals surface area contributed by atoms with Crippen molar-refractivity contribution in [2.45, 2.75) is 45.6 Å². The third-order valence-electron chi connectivity index (χ3n) is 5.56. The number of halogens is 2. The molecule has 0 bridgehead atoms. The van der Waals surface area contributed by atoms with Gasteiger partial charge in [0.15, 0.2) is 11.6 Å². The van der Waals surface area contributed by atoms with Crippen molar-refractivity contribution in [3.8, 4) is 0 Å². The van der Waals surface area contributed by atoms with Gasteiger partial charge in [-0.1, -0.05) is 44.2 Å². The molecule has 2 aromatic rings. The number of benzene rings is 2. The number of rotatable bonds is 5. The third-order valence-corrected chi connectivity index (χ3v) is 5.56. The number of amides is 1. The Morgan fingerprint density at radius 1 is 1.13 bits per heavy atom. The molecule has 2 aromatic carbocycles. The summed E-state index contributed by atoms with van der Waals surface area (Å²) in [5.74, 6) is -2.68. The quantitative estimate of drug-likeness (QED) is 0.645. The topological polar surface area (TPSA) is 46.6 Å². The van der Waals surface area contributed by atoms with Crippen LogP contribution in [-0.2, 0) is 20.9 Å². The van der Waals surface area contributed by atoms with E-state index < -0.39 is 23.5 Å². The lowest BCUT2D eigenvalue weighted by Crippen LogP contribution is -2.38. The monoisotopic (exact) mass is 413 g/mol. The minimum atomic E-state index is -0.977. The second-order valence-electron chi connectivity index (χ2n) is 7.80. The Kier molecular flexibility index (Phi) is 6.34. The second-order valence-corrected chi connectivity index (χ2v) is 7.80. The van der Waals surface area contributed by atoms with Gasteiger partial charge in [-0.15, -0.1) is 0 Å². The van der Waals surface area contributed by atoms with Crippen LogP contribution in [0, 0.1) is 11.6 Å². The summed E-state index contributed by atoms with van der Waals surface area (Å²) in [4.78, 5) is 27.0. The van der Waals surface area contributed by atoms with E-state index in [1.165, 1.54) is 23.6 Å². The van der Waals surface area contributed by atoms with E-state index >= 15 is 0 Å². The summed E-state index contributed by atoms with van der Waals surface area (Å²) in [5.41, 5.74) is 3.32. The van der Waals surface area contributed by atoms with E-state index in [9.17, 15) is 18.4 Å². The largest absolute Gasteiger partial charge is 0.466 e. The van der Waals surface area contributed by atoms with Crippen LogP contribution < -0.4 is 0 Å². The number of ether oxygens (including phenoxy) is 1. The number of hydrogen-bond donors (Lipinski definition) is 0. The summed E-state index contributed by atoms with van der Waals surface area (Å²) in [6.07, 6.45) is 0.0898. The molecule has 0 aliphatic carbocycles. The van der Waals surface area contributed by atoms with Crippen molar-refractivity contribution >= 4 is 11.9 Å².